The number of benzene rings is 1. The number of nitrogens with zero attached hydrogens (tertiary/aromatic N) is 1. The number of likely N-dealkylation sites (N-methyl/N-ethyl adjacent to an activating group) is 1. The summed E-state index contributed by atoms with van der Waals surface area (Å²) in [6.45, 7) is 3.13. The summed E-state index contributed by atoms with van der Waals surface area (Å²) >= 11 is 0. The Morgan fingerprint density at radius 2 is 2.16 bits per heavy atom. The zero-order valence-electron chi connectivity index (χ0n) is 11.0. The lowest BCUT2D eigenvalue weighted by Gasteiger charge is -2.18. The van der Waals surface area contributed by atoms with E-state index in [1.165, 1.54) is 12.1 Å². The van der Waals surface area contributed by atoms with E-state index < -0.39 is 17.6 Å². The molecular weight excluding hydrogens is 252 g/mol. The first-order chi connectivity index (χ1) is 9.02. The monoisotopic (exact) mass is 269 g/mol. The van der Waals surface area contributed by atoms with Crippen molar-refractivity contribution in [2.45, 2.75) is 12.8 Å². The van der Waals surface area contributed by atoms with Crippen molar-refractivity contribution in [3.8, 4) is 0 Å². The average Bonchev–Trinajstić information content (AvgIpc) is 2.71. The standard InChI is InChI=1S/C14H17F2NO2/c1-3-19-14(18)12-8-17(2)7-11(12)10-5-4-9(15)6-13(10)16/h4-6,11-12H,3,7-8H2,1-2H3. The van der Waals surface area contributed by atoms with Crippen molar-refractivity contribution in [3.63, 3.8) is 0 Å². The molecule has 1 aromatic carbocycles. The highest BCUT2D eigenvalue weighted by molar-refractivity contribution is 5.74. The smallest absolute Gasteiger partial charge is 0.310 e. The molecule has 1 saturated heterocycles. The van der Waals surface area contributed by atoms with E-state index in [0.29, 0.717) is 25.3 Å². The lowest BCUT2D eigenvalue weighted by molar-refractivity contribution is -0.148. The summed E-state index contributed by atoms with van der Waals surface area (Å²) in [5.41, 5.74) is 0.379. The summed E-state index contributed by atoms with van der Waals surface area (Å²) in [6, 6.07) is 3.50. The number of ether oxygens (including phenoxy) is 1. The topological polar surface area (TPSA) is 29.5 Å². The van der Waals surface area contributed by atoms with Gasteiger partial charge in [0.1, 0.15) is 11.6 Å². The fourth-order valence-corrected chi connectivity index (χ4v) is 2.61. The van der Waals surface area contributed by atoms with Crippen molar-refractivity contribution in [2.24, 2.45) is 5.92 Å². The maximum atomic E-state index is 13.8. The number of hydrogen-bond donors (Lipinski definition) is 0. The molecule has 0 aromatic heterocycles. The third-order valence-corrected chi connectivity index (χ3v) is 3.45. The Bertz CT molecular complexity index is 479. The van der Waals surface area contributed by atoms with Gasteiger partial charge < -0.3 is 9.64 Å². The normalized spacial score (nSPS) is 23.6. The average molecular weight is 269 g/mol. The van der Waals surface area contributed by atoms with Gasteiger partial charge in [-0.25, -0.2) is 8.78 Å². The highest BCUT2D eigenvalue weighted by Gasteiger charge is 2.39. The van der Waals surface area contributed by atoms with Crippen molar-refractivity contribution in [2.75, 3.05) is 26.7 Å². The molecule has 1 aliphatic heterocycles. The molecule has 0 N–H and O–H groups in total. The van der Waals surface area contributed by atoms with E-state index in [1.807, 2.05) is 11.9 Å². The van der Waals surface area contributed by atoms with Gasteiger partial charge in [-0.2, -0.15) is 0 Å². The lowest BCUT2D eigenvalue weighted by Crippen LogP contribution is -2.24. The maximum Gasteiger partial charge on any atom is 0.310 e. The lowest BCUT2D eigenvalue weighted by atomic mass is 9.88. The van der Waals surface area contributed by atoms with E-state index in [1.54, 1.807) is 6.92 Å². The van der Waals surface area contributed by atoms with Gasteiger partial charge in [-0.3, -0.25) is 4.79 Å². The highest BCUT2D eigenvalue weighted by Crippen LogP contribution is 2.34. The van der Waals surface area contributed by atoms with Crippen LogP contribution in [0.2, 0.25) is 0 Å². The molecule has 104 valence electrons. The van der Waals surface area contributed by atoms with Crippen LogP contribution in [0.1, 0.15) is 18.4 Å². The molecule has 0 spiro atoms. The van der Waals surface area contributed by atoms with Gasteiger partial charge in [-0.1, -0.05) is 6.07 Å². The molecule has 2 unspecified atom stereocenters. The van der Waals surface area contributed by atoms with Crippen LogP contribution in [0.25, 0.3) is 0 Å². The number of carbonyl (C=O) groups excluding carboxylic acids is 1. The van der Waals surface area contributed by atoms with Crippen LogP contribution in [0.4, 0.5) is 8.78 Å². The first-order valence-electron chi connectivity index (χ1n) is 6.33. The van der Waals surface area contributed by atoms with Crippen molar-refractivity contribution < 1.29 is 18.3 Å². The quantitative estimate of drug-likeness (QED) is 0.788. The number of halogens is 2. The van der Waals surface area contributed by atoms with Crippen LogP contribution in [-0.2, 0) is 9.53 Å². The summed E-state index contributed by atoms with van der Waals surface area (Å²) < 4.78 is 31.8. The summed E-state index contributed by atoms with van der Waals surface area (Å²) in [5, 5.41) is 0. The second kappa shape index (κ2) is 5.65. The van der Waals surface area contributed by atoms with Gasteiger partial charge in [0.2, 0.25) is 0 Å². The molecule has 1 heterocycles. The van der Waals surface area contributed by atoms with Crippen LogP contribution in [0.3, 0.4) is 0 Å². The molecule has 3 nitrogen and oxygen atoms in total. The number of carbonyl (C=O) groups is 1. The number of esters is 1. The minimum Gasteiger partial charge on any atom is -0.466 e. The molecule has 1 aliphatic rings. The molecule has 0 amide bonds. The summed E-state index contributed by atoms with van der Waals surface area (Å²) in [7, 11) is 1.87. The van der Waals surface area contributed by atoms with E-state index >= 15 is 0 Å². The van der Waals surface area contributed by atoms with E-state index in [9.17, 15) is 13.6 Å². The minimum atomic E-state index is -0.611. The predicted molar refractivity (Wildman–Crippen MR) is 66.7 cm³/mol. The van der Waals surface area contributed by atoms with Gasteiger partial charge >= 0.3 is 5.97 Å². The van der Waals surface area contributed by atoms with Gasteiger partial charge in [-0.05, 0) is 25.6 Å². The third-order valence-electron chi connectivity index (χ3n) is 3.45. The Morgan fingerprint density at radius 3 is 2.79 bits per heavy atom. The van der Waals surface area contributed by atoms with Crippen LogP contribution in [-0.4, -0.2) is 37.6 Å². The molecule has 0 radical (unpaired) electrons. The number of likely N-dealkylation sites (tertiary alicyclic amines) is 1. The Hall–Kier alpha value is -1.49. The van der Waals surface area contributed by atoms with Crippen molar-refractivity contribution in [1.29, 1.82) is 0 Å². The molecule has 5 heteroatoms. The number of hydrogen-bond acceptors (Lipinski definition) is 3. The summed E-state index contributed by atoms with van der Waals surface area (Å²) in [4.78, 5) is 13.9. The molecule has 2 atom stereocenters. The first-order valence-corrected chi connectivity index (χ1v) is 6.33. The molecular formula is C14H17F2NO2. The fourth-order valence-electron chi connectivity index (χ4n) is 2.61. The summed E-state index contributed by atoms with van der Waals surface area (Å²) in [6.07, 6.45) is 0. The Kier molecular flexibility index (Phi) is 4.14. The number of rotatable bonds is 3. The second-order valence-electron chi connectivity index (χ2n) is 4.85. The van der Waals surface area contributed by atoms with Gasteiger partial charge in [-0.15, -0.1) is 0 Å². The molecule has 0 bridgehead atoms. The van der Waals surface area contributed by atoms with Gasteiger partial charge in [0.25, 0.3) is 0 Å². The van der Waals surface area contributed by atoms with Crippen LogP contribution in [0, 0.1) is 17.6 Å². The van der Waals surface area contributed by atoms with Crippen molar-refractivity contribution >= 4 is 5.97 Å². The van der Waals surface area contributed by atoms with E-state index in [4.69, 9.17) is 4.74 Å². The van der Waals surface area contributed by atoms with Crippen LogP contribution < -0.4 is 0 Å². The van der Waals surface area contributed by atoms with E-state index in [-0.39, 0.29) is 11.9 Å². The zero-order valence-corrected chi connectivity index (χ0v) is 11.0. The summed E-state index contributed by atoms with van der Waals surface area (Å²) in [5.74, 6) is -2.22. The maximum absolute atomic E-state index is 13.8. The van der Waals surface area contributed by atoms with Crippen molar-refractivity contribution in [3.05, 3.63) is 35.4 Å². The largest absolute Gasteiger partial charge is 0.466 e. The Morgan fingerprint density at radius 1 is 1.42 bits per heavy atom. The Balaban J connectivity index is 2.27. The highest BCUT2D eigenvalue weighted by atomic mass is 19.1. The van der Waals surface area contributed by atoms with E-state index in [2.05, 4.69) is 0 Å². The fraction of sp³-hybridized carbons (Fsp3) is 0.500. The van der Waals surface area contributed by atoms with Crippen LogP contribution in [0.5, 0.6) is 0 Å². The first kappa shape index (κ1) is 13.9. The molecule has 19 heavy (non-hydrogen) atoms. The minimum absolute atomic E-state index is 0.287. The molecule has 0 saturated carbocycles. The van der Waals surface area contributed by atoms with E-state index in [0.717, 1.165) is 6.07 Å². The van der Waals surface area contributed by atoms with Gasteiger partial charge in [0.05, 0.1) is 12.5 Å². The van der Waals surface area contributed by atoms with Gasteiger partial charge in [0.15, 0.2) is 0 Å². The Labute approximate surface area is 111 Å². The third kappa shape index (κ3) is 2.92. The van der Waals surface area contributed by atoms with Gasteiger partial charge in [0, 0.05) is 25.1 Å². The molecule has 2 rings (SSSR count). The SMILES string of the molecule is CCOC(=O)C1CN(C)CC1c1ccc(F)cc1F. The van der Waals surface area contributed by atoms with Crippen LogP contribution in [0.15, 0.2) is 18.2 Å². The van der Waals surface area contributed by atoms with Crippen LogP contribution >= 0.6 is 0 Å². The molecule has 1 aromatic rings. The molecule has 1 fully saturated rings. The predicted octanol–water partition coefficient (Wildman–Crippen LogP) is 2.17. The second-order valence-corrected chi connectivity index (χ2v) is 4.85. The zero-order chi connectivity index (χ0) is 14.0. The molecule has 0 aliphatic carbocycles. The van der Waals surface area contributed by atoms with Crippen molar-refractivity contribution in [1.82, 2.24) is 4.90 Å².